The molecule has 33 heavy (non-hydrogen) atoms. The number of nitrogens with one attached hydrogen (secondary N) is 1. The molecule has 2 aromatic rings. The lowest BCUT2D eigenvalue weighted by Gasteiger charge is -2.57. The number of nitrogens with zero attached hydrogens (tertiary/aromatic N) is 1. The molecular weight excluding hydrogens is 432 g/mol. The van der Waals surface area contributed by atoms with Gasteiger partial charge in [-0.1, -0.05) is 18.2 Å². The van der Waals surface area contributed by atoms with E-state index in [1.54, 1.807) is 7.11 Å². The van der Waals surface area contributed by atoms with E-state index in [4.69, 9.17) is 16.3 Å². The lowest BCUT2D eigenvalue weighted by molar-refractivity contribution is -0.130. The van der Waals surface area contributed by atoms with Crippen LogP contribution in [-0.4, -0.2) is 35.9 Å². The van der Waals surface area contributed by atoms with E-state index in [1.165, 1.54) is 55.3 Å². The molecule has 1 amide bonds. The van der Waals surface area contributed by atoms with Crippen LogP contribution in [0.4, 0.5) is 5.69 Å². The molecule has 0 radical (unpaired) electrons. The zero-order valence-corrected chi connectivity index (χ0v) is 20.1. The molecule has 1 atom stereocenters. The van der Waals surface area contributed by atoms with Gasteiger partial charge in [0.2, 0.25) is 5.91 Å². The third-order valence-corrected chi connectivity index (χ3v) is 8.92. The predicted octanol–water partition coefficient (Wildman–Crippen LogP) is 5.79. The topological polar surface area (TPSA) is 41.6 Å². The van der Waals surface area contributed by atoms with Gasteiger partial charge in [-0.25, -0.2) is 0 Å². The van der Waals surface area contributed by atoms with Gasteiger partial charge >= 0.3 is 0 Å². The Balaban J connectivity index is 1.28. The Kier molecular flexibility index (Phi) is 5.32. The normalized spacial score (nSPS) is 31.9. The molecule has 4 saturated carbocycles. The second-order valence-electron chi connectivity index (χ2n) is 10.9. The number of anilines is 1. The number of rotatable bonds is 5. The first-order chi connectivity index (χ1) is 16.1. The van der Waals surface area contributed by atoms with E-state index in [0.717, 1.165) is 35.5 Å². The molecule has 0 aromatic heterocycles. The number of halogens is 1. The van der Waals surface area contributed by atoms with Gasteiger partial charge in [0.15, 0.2) is 0 Å². The standard InChI is InChI=1S/C28H33ClN2O2/c1-33-24-6-7-25-22(13-24)8-9-31(26(32)17-29)27(25)21-2-4-23(5-3-21)30-28-14-18-10-19(15-28)12-20(11-18)16-28/h2-7,13,18-20,27,30H,8-12,14-17H2,1H3/t18?,19?,20?,27-,28?/m0/s1. The number of benzene rings is 2. The van der Waals surface area contributed by atoms with Crippen molar-refractivity contribution < 1.29 is 9.53 Å². The minimum atomic E-state index is -0.112. The fourth-order valence-electron chi connectivity index (χ4n) is 7.75. The number of ether oxygens (including phenoxy) is 1. The summed E-state index contributed by atoms with van der Waals surface area (Å²) < 4.78 is 5.44. The molecule has 1 aliphatic heterocycles. The average Bonchev–Trinajstić information content (AvgIpc) is 2.82. The fraction of sp³-hybridized carbons (Fsp3) is 0.536. The summed E-state index contributed by atoms with van der Waals surface area (Å²) in [5, 5.41) is 3.98. The van der Waals surface area contributed by atoms with Crippen molar-refractivity contribution in [2.45, 2.75) is 56.5 Å². The van der Waals surface area contributed by atoms with E-state index in [-0.39, 0.29) is 17.8 Å². The van der Waals surface area contributed by atoms with E-state index in [2.05, 4.69) is 41.7 Å². The zero-order valence-electron chi connectivity index (χ0n) is 19.4. The number of alkyl halides is 1. The van der Waals surface area contributed by atoms with E-state index >= 15 is 0 Å². The number of hydrogen-bond donors (Lipinski definition) is 1. The molecule has 5 aliphatic rings. The Hall–Kier alpha value is -2.20. The van der Waals surface area contributed by atoms with Crippen LogP contribution in [0.25, 0.3) is 0 Å². The van der Waals surface area contributed by atoms with Crippen molar-refractivity contribution in [2.75, 3.05) is 24.9 Å². The van der Waals surface area contributed by atoms with Crippen LogP contribution in [0.3, 0.4) is 0 Å². The molecule has 4 aliphatic carbocycles. The molecule has 1 heterocycles. The van der Waals surface area contributed by atoms with Gasteiger partial charge in [0, 0.05) is 17.8 Å². The largest absolute Gasteiger partial charge is 0.497 e. The van der Waals surface area contributed by atoms with Crippen LogP contribution < -0.4 is 10.1 Å². The molecule has 0 unspecified atom stereocenters. The van der Waals surface area contributed by atoms with E-state index in [9.17, 15) is 4.79 Å². The molecule has 4 nitrogen and oxygen atoms in total. The summed E-state index contributed by atoms with van der Waals surface area (Å²) in [4.78, 5) is 14.7. The summed E-state index contributed by atoms with van der Waals surface area (Å²) in [5.41, 5.74) is 5.05. The number of carbonyl (C=O) groups is 1. The lowest BCUT2D eigenvalue weighted by atomic mass is 9.53. The van der Waals surface area contributed by atoms with Crippen molar-refractivity contribution in [2.24, 2.45) is 17.8 Å². The molecule has 0 spiro atoms. The maximum Gasteiger partial charge on any atom is 0.238 e. The number of carbonyl (C=O) groups excluding carboxylic acids is 1. The number of amides is 1. The van der Waals surface area contributed by atoms with Crippen LogP contribution in [0.2, 0.25) is 0 Å². The average molecular weight is 465 g/mol. The van der Waals surface area contributed by atoms with Gasteiger partial charge < -0.3 is 15.0 Å². The molecule has 5 heteroatoms. The zero-order chi connectivity index (χ0) is 22.6. The van der Waals surface area contributed by atoms with Crippen molar-refractivity contribution >= 4 is 23.2 Å². The SMILES string of the molecule is COc1ccc2c(c1)CCN(C(=O)CCl)[C@H]2c1ccc(NC23CC4CC(CC(C4)C2)C3)cc1. The van der Waals surface area contributed by atoms with Crippen molar-refractivity contribution in [3.8, 4) is 5.75 Å². The second-order valence-corrected chi connectivity index (χ2v) is 11.2. The maximum atomic E-state index is 12.7. The summed E-state index contributed by atoms with van der Waals surface area (Å²) in [5.74, 6) is 3.63. The summed E-state index contributed by atoms with van der Waals surface area (Å²) in [6.07, 6.45) is 9.17. The Labute approximate surface area is 201 Å². The van der Waals surface area contributed by atoms with Crippen molar-refractivity contribution in [3.63, 3.8) is 0 Å². The number of hydrogen-bond acceptors (Lipinski definition) is 3. The Morgan fingerprint density at radius 2 is 1.73 bits per heavy atom. The minimum Gasteiger partial charge on any atom is -0.497 e. The first-order valence-corrected chi connectivity index (χ1v) is 13.0. The highest BCUT2D eigenvalue weighted by Crippen LogP contribution is 2.56. The molecule has 4 bridgehead atoms. The predicted molar refractivity (Wildman–Crippen MR) is 132 cm³/mol. The molecule has 1 N–H and O–H groups in total. The Bertz CT molecular complexity index is 1020. The van der Waals surface area contributed by atoms with E-state index < -0.39 is 0 Å². The highest BCUT2D eigenvalue weighted by molar-refractivity contribution is 6.27. The molecule has 174 valence electrons. The van der Waals surface area contributed by atoms with Gasteiger partial charge in [0.05, 0.1) is 13.2 Å². The molecule has 0 saturated heterocycles. The smallest absolute Gasteiger partial charge is 0.238 e. The fourth-order valence-corrected chi connectivity index (χ4v) is 7.91. The van der Waals surface area contributed by atoms with Crippen molar-refractivity contribution in [1.82, 2.24) is 4.90 Å². The monoisotopic (exact) mass is 464 g/mol. The van der Waals surface area contributed by atoms with Gasteiger partial charge in [0.25, 0.3) is 0 Å². The molecular formula is C28H33ClN2O2. The Morgan fingerprint density at radius 3 is 2.33 bits per heavy atom. The van der Waals surface area contributed by atoms with Crippen molar-refractivity contribution in [1.29, 1.82) is 0 Å². The van der Waals surface area contributed by atoms with E-state index in [1.807, 2.05) is 11.0 Å². The van der Waals surface area contributed by atoms with Crippen LogP contribution in [0.1, 0.15) is 61.3 Å². The maximum absolute atomic E-state index is 12.7. The highest BCUT2D eigenvalue weighted by Gasteiger charge is 2.50. The molecule has 4 fully saturated rings. The summed E-state index contributed by atoms with van der Waals surface area (Å²) in [7, 11) is 1.70. The summed E-state index contributed by atoms with van der Waals surface area (Å²) in [6.45, 7) is 0.670. The van der Waals surface area contributed by atoms with E-state index in [0.29, 0.717) is 12.1 Å². The van der Waals surface area contributed by atoms with Gasteiger partial charge in [0.1, 0.15) is 11.6 Å². The summed E-state index contributed by atoms with van der Waals surface area (Å²) >= 11 is 5.99. The van der Waals surface area contributed by atoms with Gasteiger partial charge in [-0.2, -0.15) is 0 Å². The quantitative estimate of drug-likeness (QED) is 0.569. The minimum absolute atomic E-state index is 0.00759. The van der Waals surface area contributed by atoms with Crippen LogP contribution in [0.5, 0.6) is 5.75 Å². The highest BCUT2D eigenvalue weighted by atomic mass is 35.5. The second kappa shape index (κ2) is 8.23. The number of methoxy groups -OCH3 is 1. The van der Waals surface area contributed by atoms with Gasteiger partial charge in [-0.3, -0.25) is 4.79 Å². The Morgan fingerprint density at radius 1 is 1.06 bits per heavy atom. The van der Waals surface area contributed by atoms with Gasteiger partial charge in [-0.15, -0.1) is 11.6 Å². The number of fused-ring (bicyclic) bond motifs is 1. The first kappa shape index (κ1) is 21.3. The molecule has 7 rings (SSSR count). The van der Waals surface area contributed by atoms with Crippen molar-refractivity contribution in [3.05, 3.63) is 59.2 Å². The summed E-state index contributed by atoms with van der Waals surface area (Å²) in [6, 6.07) is 14.9. The van der Waals surface area contributed by atoms with Crippen LogP contribution in [0, 0.1) is 17.8 Å². The van der Waals surface area contributed by atoms with Crippen LogP contribution in [-0.2, 0) is 11.2 Å². The first-order valence-electron chi connectivity index (χ1n) is 12.5. The third kappa shape index (κ3) is 3.80. The van der Waals surface area contributed by atoms with Gasteiger partial charge in [-0.05, 0) is 104 Å². The molecule has 2 aromatic carbocycles. The van der Waals surface area contributed by atoms with Crippen LogP contribution >= 0.6 is 11.6 Å². The lowest BCUT2D eigenvalue weighted by Crippen LogP contribution is -2.54. The van der Waals surface area contributed by atoms with Crippen LogP contribution in [0.15, 0.2) is 42.5 Å². The third-order valence-electron chi connectivity index (χ3n) is 8.69.